The predicted molar refractivity (Wildman–Crippen MR) is 73.5 cm³/mol. The molecule has 2 N–H and O–H groups in total. The van der Waals surface area contributed by atoms with E-state index in [1.165, 1.54) is 38.5 Å². The molecule has 1 amide bonds. The van der Waals surface area contributed by atoms with Gasteiger partial charge in [-0.25, -0.2) is 0 Å². The summed E-state index contributed by atoms with van der Waals surface area (Å²) >= 11 is 0. The molecule has 1 saturated carbocycles. The lowest BCUT2D eigenvalue weighted by Crippen LogP contribution is -2.43. The summed E-state index contributed by atoms with van der Waals surface area (Å²) < 4.78 is 0. The van der Waals surface area contributed by atoms with Crippen molar-refractivity contribution in [3.63, 3.8) is 0 Å². The van der Waals surface area contributed by atoms with E-state index >= 15 is 0 Å². The zero-order chi connectivity index (χ0) is 12.8. The average Bonchev–Trinajstić information content (AvgIpc) is 2.68. The highest BCUT2D eigenvalue weighted by Gasteiger charge is 2.21. The van der Waals surface area contributed by atoms with Crippen molar-refractivity contribution in [2.45, 2.75) is 57.0 Å². The van der Waals surface area contributed by atoms with Gasteiger partial charge in [-0.1, -0.05) is 12.8 Å². The van der Waals surface area contributed by atoms with Crippen LogP contribution < -0.4 is 10.6 Å². The number of nitrogens with one attached hydrogen (secondary N) is 2. The maximum absolute atomic E-state index is 12.0. The number of amides is 1. The molecule has 1 heterocycles. The first-order valence-electron chi connectivity index (χ1n) is 7.46. The number of likely N-dealkylation sites (N-methyl/N-ethyl adjacent to an activating group) is 1. The Bertz CT molecular complexity index is 256. The molecular weight excluding hydrogens is 226 g/mol. The maximum atomic E-state index is 12.0. The van der Waals surface area contributed by atoms with Crippen LogP contribution in [0.5, 0.6) is 0 Å². The van der Waals surface area contributed by atoms with Crippen LogP contribution in [0.1, 0.15) is 44.9 Å². The molecule has 0 aromatic heterocycles. The molecule has 2 rings (SSSR count). The molecule has 0 aromatic carbocycles. The summed E-state index contributed by atoms with van der Waals surface area (Å²) in [5.74, 6) is 0.210. The Balaban J connectivity index is 1.71. The van der Waals surface area contributed by atoms with Gasteiger partial charge >= 0.3 is 0 Å². The molecular formula is C14H27N3O. The van der Waals surface area contributed by atoms with E-state index in [0.29, 0.717) is 18.6 Å². The Morgan fingerprint density at radius 3 is 2.72 bits per heavy atom. The van der Waals surface area contributed by atoms with Crippen molar-refractivity contribution in [2.24, 2.45) is 0 Å². The normalized spacial score (nSPS) is 26.2. The number of hydrogen-bond acceptors (Lipinski definition) is 3. The van der Waals surface area contributed by atoms with Gasteiger partial charge in [-0.15, -0.1) is 0 Å². The lowest BCUT2D eigenvalue weighted by molar-refractivity contribution is -0.123. The van der Waals surface area contributed by atoms with Crippen LogP contribution in [-0.4, -0.2) is 49.6 Å². The van der Waals surface area contributed by atoms with E-state index in [4.69, 9.17) is 0 Å². The fourth-order valence-corrected chi connectivity index (χ4v) is 3.14. The Kier molecular flexibility index (Phi) is 5.45. The minimum Gasteiger partial charge on any atom is -0.352 e. The molecule has 2 fully saturated rings. The first-order chi connectivity index (χ1) is 8.75. The summed E-state index contributed by atoms with van der Waals surface area (Å²) in [6.45, 7) is 2.76. The Labute approximate surface area is 110 Å². The highest BCUT2D eigenvalue weighted by Crippen LogP contribution is 2.17. The topological polar surface area (TPSA) is 44.4 Å². The molecule has 0 spiro atoms. The predicted octanol–water partition coefficient (Wildman–Crippen LogP) is 1.12. The van der Waals surface area contributed by atoms with Crippen molar-refractivity contribution in [1.29, 1.82) is 0 Å². The van der Waals surface area contributed by atoms with E-state index in [-0.39, 0.29) is 5.91 Å². The summed E-state index contributed by atoms with van der Waals surface area (Å²) in [6.07, 6.45) is 8.47. The SMILES string of the molecule is CN(CC(=O)NC1CCCC1)C1CCCNCC1. The Morgan fingerprint density at radius 1 is 1.17 bits per heavy atom. The van der Waals surface area contributed by atoms with Gasteiger partial charge in [0.2, 0.25) is 5.91 Å². The van der Waals surface area contributed by atoms with E-state index in [9.17, 15) is 4.79 Å². The second kappa shape index (κ2) is 7.10. The number of rotatable bonds is 4. The molecule has 4 nitrogen and oxygen atoms in total. The van der Waals surface area contributed by atoms with Gasteiger partial charge in [-0.3, -0.25) is 9.69 Å². The highest BCUT2D eigenvalue weighted by molar-refractivity contribution is 5.78. The average molecular weight is 253 g/mol. The van der Waals surface area contributed by atoms with Crippen molar-refractivity contribution in [3.8, 4) is 0 Å². The Hall–Kier alpha value is -0.610. The third kappa shape index (κ3) is 4.25. The van der Waals surface area contributed by atoms with E-state index in [1.54, 1.807) is 0 Å². The molecule has 104 valence electrons. The molecule has 0 radical (unpaired) electrons. The van der Waals surface area contributed by atoms with Gasteiger partial charge in [-0.05, 0) is 52.2 Å². The second-order valence-electron chi connectivity index (χ2n) is 5.80. The van der Waals surface area contributed by atoms with Gasteiger partial charge in [-0.2, -0.15) is 0 Å². The zero-order valence-corrected chi connectivity index (χ0v) is 11.6. The molecule has 1 saturated heterocycles. The van der Waals surface area contributed by atoms with Crippen molar-refractivity contribution in [1.82, 2.24) is 15.5 Å². The molecule has 1 aliphatic heterocycles. The number of carbonyl (C=O) groups excluding carboxylic acids is 1. The smallest absolute Gasteiger partial charge is 0.234 e. The molecule has 0 bridgehead atoms. The third-order valence-corrected chi connectivity index (χ3v) is 4.28. The van der Waals surface area contributed by atoms with Crippen LogP contribution in [-0.2, 0) is 4.79 Å². The molecule has 0 aromatic rings. The van der Waals surface area contributed by atoms with Crippen LogP contribution >= 0.6 is 0 Å². The lowest BCUT2D eigenvalue weighted by Gasteiger charge is -2.26. The molecule has 2 aliphatic rings. The molecule has 1 unspecified atom stereocenters. The molecule has 4 heteroatoms. The van der Waals surface area contributed by atoms with Gasteiger partial charge in [0.1, 0.15) is 0 Å². The molecule has 1 atom stereocenters. The number of nitrogens with zero attached hydrogens (tertiary/aromatic N) is 1. The van der Waals surface area contributed by atoms with Crippen LogP contribution in [0.3, 0.4) is 0 Å². The monoisotopic (exact) mass is 253 g/mol. The summed E-state index contributed by atoms with van der Waals surface area (Å²) in [6, 6.07) is 1.01. The van der Waals surface area contributed by atoms with Gasteiger partial charge in [0.15, 0.2) is 0 Å². The number of hydrogen-bond donors (Lipinski definition) is 2. The fourth-order valence-electron chi connectivity index (χ4n) is 3.14. The first-order valence-corrected chi connectivity index (χ1v) is 7.46. The van der Waals surface area contributed by atoms with Crippen molar-refractivity contribution in [2.75, 3.05) is 26.7 Å². The summed E-state index contributed by atoms with van der Waals surface area (Å²) in [5, 5.41) is 6.59. The number of carbonyl (C=O) groups is 1. The van der Waals surface area contributed by atoms with E-state index in [2.05, 4.69) is 22.6 Å². The first kappa shape index (κ1) is 13.8. The van der Waals surface area contributed by atoms with Gasteiger partial charge in [0.25, 0.3) is 0 Å². The standard InChI is InChI=1S/C14H27N3O/c1-17(13-7-4-9-15-10-8-13)11-14(18)16-12-5-2-3-6-12/h12-13,15H,2-11H2,1H3,(H,16,18). The van der Waals surface area contributed by atoms with E-state index in [0.717, 1.165) is 19.5 Å². The summed E-state index contributed by atoms with van der Waals surface area (Å²) in [5.41, 5.74) is 0. The van der Waals surface area contributed by atoms with E-state index in [1.807, 2.05) is 0 Å². The van der Waals surface area contributed by atoms with E-state index < -0.39 is 0 Å². The third-order valence-electron chi connectivity index (χ3n) is 4.28. The van der Waals surface area contributed by atoms with Crippen molar-refractivity contribution < 1.29 is 4.79 Å². The van der Waals surface area contributed by atoms with Crippen LogP contribution in [0.25, 0.3) is 0 Å². The summed E-state index contributed by atoms with van der Waals surface area (Å²) in [4.78, 5) is 14.2. The fraction of sp³-hybridized carbons (Fsp3) is 0.929. The van der Waals surface area contributed by atoms with Gasteiger partial charge in [0.05, 0.1) is 6.54 Å². The Morgan fingerprint density at radius 2 is 1.94 bits per heavy atom. The van der Waals surface area contributed by atoms with Gasteiger partial charge in [0, 0.05) is 12.1 Å². The highest BCUT2D eigenvalue weighted by atomic mass is 16.2. The van der Waals surface area contributed by atoms with Crippen LogP contribution in [0.15, 0.2) is 0 Å². The minimum absolute atomic E-state index is 0.210. The molecule has 18 heavy (non-hydrogen) atoms. The second-order valence-corrected chi connectivity index (χ2v) is 5.80. The van der Waals surface area contributed by atoms with Crippen LogP contribution in [0.2, 0.25) is 0 Å². The van der Waals surface area contributed by atoms with Crippen LogP contribution in [0, 0.1) is 0 Å². The molecule has 1 aliphatic carbocycles. The summed E-state index contributed by atoms with van der Waals surface area (Å²) in [7, 11) is 2.09. The van der Waals surface area contributed by atoms with Crippen LogP contribution in [0.4, 0.5) is 0 Å². The minimum atomic E-state index is 0.210. The van der Waals surface area contributed by atoms with Gasteiger partial charge < -0.3 is 10.6 Å². The lowest BCUT2D eigenvalue weighted by atomic mass is 10.1. The van der Waals surface area contributed by atoms with Crippen molar-refractivity contribution in [3.05, 3.63) is 0 Å². The van der Waals surface area contributed by atoms with Crippen molar-refractivity contribution >= 4 is 5.91 Å². The maximum Gasteiger partial charge on any atom is 0.234 e. The zero-order valence-electron chi connectivity index (χ0n) is 11.6. The quantitative estimate of drug-likeness (QED) is 0.789. The largest absolute Gasteiger partial charge is 0.352 e.